The van der Waals surface area contributed by atoms with E-state index in [1.165, 1.54) is 12.8 Å². The molecule has 1 aliphatic heterocycles. The maximum atomic E-state index is 11.6. The highest BCUT2D eigenvalue weighted by molar-refractivity contribution is 5.90. The maximum Gasteiger partial charge on any atom is 0.334 e. The van der Waals surface area contributed by atoms with Gasteiger partial charge in [0.05, 0.1) is 0 Å². The summed E-state index contributed by atoms with van der Waals surface area (Å²) in [6, 6.07) is 0. The van der Waals surface area contributed by atoms with Gasteiger partial charge in [0.2, 0.25) is 0 Å². The Balaban J connectivity index is 2.26. The predicted molar refractivity (Wildman–Crippen MR) is 63.9 cm³/mol. The number of carbonyl (C=O) groups is 1. The molecular weight excluding hydrogens is 200 g/mol. The smallest absolute Gasteiger partial charge is 0.334 e. The van der Waals surface area contributed by atoms with Crippen molar-refractivity contribution in [3.8, 4) is 0 Å². The number of rotatable bonds is 1. The monoisotopic (exact) mass is 222 g/mol. The average molecular weight is 222 g/mol. The van der Waals surface area contributed by atoms with Crippen LogP contribution in [0.4, 0.5) is 0 Å². The lowest BCUT2D eigenvalue weighted by Crippen LogP contribution is -2.45. The van der Waals surface area contributed by atoms with Gasteiger partial charge in [-0.25, -0.2) is 4.79 Å². The van der Waals surface area contributed by atoms with Gasteiger partial charge in [-0.3, -0.25) is 0 Å². The second kappa shape index (κ2) is 3.90. The van der Waals surface area contributed by atoms with Crippen LogP contribution in [0.2, 0.25) is 0 Å². The van der Waals surface area contributed by atoms with Gasteiger partial charge in [0.25, 0.3) is 0 Å². The minimum absolute atomic E-state index is 0.167. The van der Waals surface area contributed by atoms with Crippen LogP contribution in [0.5, 0.6) is 0 Å². The second-order valence-electron chi connectivity index (χ2n) is 5.97. The Morgan fingerprint density at radius 3 is 2.62 bits per heavy atom. The summed E-state index contributed by atoms with van der Waals surface area (Å²) in [5, 5.41) is 0. The van der Waals surface area contributed by atoms with Gasteiger partial charge in [0.15, 0.2) is 0 Å². The lowest BCUT2D eigenvalue weighted by molar-refractivity contribution is -0.159. The lowest BCUT2D eigenvalue weighted by Gasteiger charge is -2.44. The molecule has 2 rings (SSSR count). The van der Waals surface area contributed by atoms with Gasteiger partial charge in [-0.05, 0) is 24.7 Å². The van der Waals surface area contributed by atoms with Crippen molar-refractivity contribution in [1.82, 2.24) is 0 Å². The van der Waals surface area contributed by atoms with Crippen molar-refractivity contribution in [3.63, 3.8) is 0 Å². The molecule has 2 aliphatic rings. The van der Waals surface area contributed by atoms with Gasteiger partial charge in [-0.1, -0.05) is 33.8 Å². The number of carbonyl (C=O) groups excluding carboxylic acids is 1. The van der Waals surface area contributed by atoms with E-state index in [2.05, 4.69) is 27.4 Å². The third kappa shape index (κ3) is 1.79. The molecule has 1 saturated heterocycles. The highest BCUT2D eigenvalue weighted by Crippen LogP contribution is 2.49. The molecule has 1 spiro atoms. The van der Waals surface area contributed by atoms with E-state index < -0.39 is 0 Å². The topological polar surface area (TPSA) is 26.3 Å². The van der Waals surface area contributed by atoms with E-state index in [-0.39, 0.29) is 11.6 Å². The van der Waals surface area contributed by atoms with Crippen LogP contribution >= 0.6 is 0 Å². The van der Waals surface area contributed by atoms with Crippen molar-refractivity contribution in [2.24, 2.45) is 17.8 Å². The average Bonchev–Trinajstić information content (AvgIpc) is 2.41. The summed E-state index contributed by atoms with van der Waals surface area (Å²) in [5.41, 5.74) is 0.444. The fraction of sp³-hybridized carbons (Fsp3) is 0.786. The lowest BCUT2D eigenvalue weighted by atomic mass is 9.66. The number of hydrogen-bond donors (Lipinski definition) is 0. The molecule has 1 saturated carbocycles. The Hall–Kier alpha value is -0.790. The van der Waals surface area contributed by atoms with E-state index in [0.29, 0.717) is 23.3 Å². The molecule has 2 fully saturated rings. The molecule has 1 heterocycles. The third-order valence-corrected chi connectivity index (χ3v) is 4.24. The molecule has 1 aliphatic carbocycles. The molecule has 90 valence electrons. The molecule has 2 nitrogen and oxygen atoms in total. The Morgan fingerprint density at radius 1 is 1.44 bits per heavy atom. The van der Waals surface area contributed by atoms with Gasteiger partial charge < -0.3 is 4.74 Å². The summed E-state index contributed by atoms with van der Waals surface area (Å²) in [7, 11) is 0. The minimum Gasteiger partial charge on any atom is -0.455 e. The fourth-order valence-electron chi connectivity index (χ4n) is 3.56. The van der Waals surface area contributed by atoms with Crippen molar-refractivity contribution in [1.29, 1.82) is 0 Å². The van der Waals surface area contributed by atoms with Crippen LogP contribution in [0.15, 0.2) is 12.2 Å². The second-order valence-corrected chi connectivity index (χ2v) is 5.97. The first kappa shape index (κ1) is 11.7. The quantitative estimate of drug-likeness (QED) is 0.502. The zero-order chi connectivity index (χ0) is 11.9. The zero-order valence-electron chi connectivity index (χ0n) is 10.6. The van der Waals surface area contributed by atoms with Crippen LogP contribution in [0.3, 0.4) is 0 Å². The summed E-state index contributed by atoms with van der Waals surface area (Å²) in [6.07, 6.45) is 4.20. The maximum absolute atomic E-state index is 11.6. The van der Waals surface area contributed by atoms with E-state index in [4.69, 9.17) is 4.74 Å². The molecule has 3 unspecified atom stereocenters. The summed E-state index contributed by atoms with van der Waals surface area (Å²) >= 11 is 0. The molecule has 0 amide bonds. The van der Waals surface area contributed by atoms with Crippen LogP contribution < -0.4 is 0 Å². The summed E-state index contributed by atoms with van der Waals surface area (Å²) in [6.45, 7) is 10.6. The van der Waals surface area contributed by atoms with Crippen molar-refractivity contribution in [2.45, 2.75) is 52.1 Å². The molecule has 0 radical (unpaired) electrons. The number of ether oxygens (including phenoxy) is 1. The van der Waals surface area contributed by atoms with Crippen LogP contribution in [0.25, 0.3) is 0 Å². The Kier molecular flexibility index (Phi) is 2.85. The van der Waals surface area contributed by atoms with E-state index in [1.807, 2.05) is 0 Å². The van der Waals surface area contributed by atoms with Crippen molar-refractivity contribution in [2.75, 3.05) is 0 Å². The Morgan fingerprint density at radius 2 is 2.12 bits per heavy atom. The Labute approximate surface area is 98.1 Å². The molecule has 2 heteroatoms. The highest BCUT2D eigenvalue weighted by atomic mass is 16.6. The van der Waals surface area contributed by atoms with E-state index in [1.54, 1.807) is 0 Å². The van der Waals surface area contributed by atoms with Gasteiger partial charge in [-0.15, -0.1) is 0 Å². The normalized spacial score (nSPS) is 39.5. The van der Waals surface area contributed by atoms with Crippen LogP contribution in [-0.4, -0.2) is 11.6 Å². The molecule has 0 aromatic rings. The van der Waals surface area contributed by atoms with Crippen LogP contribution in [0, 0.1) is 17.8 Å². The molecule has 0 aromatic carbocycles. The van der Waals surface area contributed by atoms with E-state index >= 15 is 0 Å². The summed E-state index contributed by atoms with van der Waals surface area (Å²) < 4.78 is 5.71. The first-order chi connectivity index (χ1) is 7.44. The largest absolute Gasteiger partial charge is 0.455 e. The summed E-state index contributed by atoms with van der Waals surface area (Å²) in [4.78, 5) is 11.6. The molecule has 0 bridgehead atoms. The molecule has 3 atom stereocenters. The first-order valence-electron chi connectivity index (χ1n) is 6.36. The van der Waals surface area contributed by atoms with E-state index in [9.17, 15) is 4.79 Å². The van der Waals surface area contributed by atoms with Crippen molar-refractivity contribution < 1.29 is 9.53 Å². The Bertz CT molecular complexity index is 301. The first-order valence-corrected chi connectivity index (χ1v) is 6.36. The molecule has 0 N–H and O–H groups in total. The number of hydrogen-bond acceptors (Lipinski definition) is 2. The van der Waals surface area contributed by atoms with Gasteiger partial charge >= 0.3 is 5.97 Å². The van der Waals surface area contributed by atoms with Crippen molar-refractivity contribution >= 4 is 5.97 Å². The highest BCUT2D eigenvalue weighted by Gasteiger charge is 2.51. The number of esters is 1. The zero-order valence-corrected chi connectivity index (χ0v) is 10.6. The molecular formula is C14H22O2. The fourth-order valence-corrected chi connectivity index (χ4v) is 3.56. The van der Waals surface area contributed by atoms with E-state index in [0.717, 1.165) is 12.8 Å². The SMILES string of the molecule is C=C1CC2(CC(C)CCC2C(C)C)OC1=O. The van der Waals surface area contributed by atoms with Gasteiger partial charge in [-0.2, -0.15) is 0 Å². The van der Waals surface area contributed by atoms with Gasteiger partial charge in [0.1, 0.15) is 5.60 Å². The minimum atomic E-state index is -0.222. The third-order valence-electron chi connectivity index (χ3n) is 4.24. The van der Waals surface area contributed by atoms with Crippen LogP contribution in [0.1, 0.15) is 46.5 Å². The van der Waals surface area contributed by atoms with Crippen LogP contribution in [-0.2, 0) is 9.53 Å². The molecule has 0 aromatic heterocycles. The summed E-state index contributed by atoms with van der Waals surface area (Å²) in [5.74, 6) is 1.58. The predicted octanol–water partition coefficient (Wildman–Crippen LogP) is 3.32. The molecule has 16 heavy (non-hydrogen) atoms. The van der Waals surface area contributed by atoms with Gasteiger partial charge in [0, 0.05) is 17.9 Å². The standard InChI is InChI=1S/C14H22O2/c1-9(2)12-6-5-10(3)7-14(12)8-11(4)13(15)16-14/h9-10,12H,4-8H2,1-3H3. The van der Waals surface area contributed by atoms with Crippen molar-refractivity contribution in [3.05, 3.63) is 12.2 Å².